The van der Waals surface area contributed by atoms with Crippen LogP contribution in [0.15, 0.2) is 54.2 Å². The second-order valence-electron chi connectivity index (χ2n) is 7.75. The standard InChI is InChI=1S/C23H24N4O/c1-26-10-12-27(13-11-26)15-16-6-8-19-17(14-16)7-9-21(24-19)22-18-4-2-3-5-20(18)25-23(22)28/h2-9,14,24H,10-13,15H2,1H3,(H,25,28). The van der Waals surface area contributed by atoms with Gasteiger partial charge in [-0.25, -0.2) is 0 Å². The Morgan fingerprint density at radius 2 is 1.75 bits per heavy atom. The number of hydrogen-bond acceptors (Lipinski definition) is 4. The van der Waals surface area contributed by atoms with Gasteiger partial charge in [0.25, 0.3) is 5.91 Å². The molecule has 1 fully saturated rings. The number of likely N-dealkylation sites (N-methyl/N-ethyl adjacent to an activating group) is 1. The number of piperazine rings is 1. The fourth-order valence-electron chi connectivity index (χ4n) is 4.12. The van der Waals surface area contributed by atoms with Crippen LogP contribution in [-0.4, -0.2) is 48.9 Å². The maximum atomic E-state index is 12.5. The lowest BCUT2D eigenvalue weighted by atomic mass is 9.99. The Bertz CT molecular complexity index is 999. The van der Waals surface area contributed by atoms with E-state index in [-0.39, 0.29) is 5.91 Å². The predicted octanol–water partition coefficient (Wildman–Crippen LogP) is 3.24. The van der Waals surface area contributed by atoms with Gasteiger partial charge in [-0.15, -0.1) is 0 Å². The van der Waals surface area contributed by atoms with Crippen LogP contribution in [0.3, 0.4) is 0 Å². The smallest absolute Gasteiger partial charge is 0.258 e. The summed E-state index contributed by atoms with van der Waals surface area (Å²) in [4.78, 5) is 17.4. The molecular weight excluding hydrogens is 348 g/mol. The Kier molecular flexibility index (Phi) is 4.26. The Labute approximate surface area is 165 Å². The average molecular weight is 372 g/mol. The monoisotopic (exact) mass is 372 g/mol. The van der Waals surface area contributed by atoms with E-state index in [1.54, 1.807) is 0 Å². The number of nitrogens with one attached hydrogen (secondary N) is 2. The van der Waals surface area contributed by atoms with Crippen molar-refractivity contribution in [1.29, 1.82) is 0 Å². The van der Waals surface area contributed by atoms with Crippen molar-refractivity contribution < 1.29 is 4.79 Å². The zero-order chi connectivity index (χ0) is 19.1. The van der Waals surface area contributed by atoms with E-state index in [9.17, 15) is 4.79 Å². The highest BCUT2D eigenvalue weighted by Gasteiger charge is 2.27. The van der Waals surface area contributed by atoms with Crippen LogP contribution in [0.5, 0.6) is 0 Å². The molecule has 0 bridgehead atoms. The maximum Gasteiger partial charge on any atom is 0.258 e. The number of nitrogens with zero attached hydrogens (tertiary/aromatic N) is 2. The van der Waals surface area contributed by atoms with Crippen LogP contribution in [-0.2, 0) is 11.3 Å². The summed E-state index contributed by atoms with van der Waals surface area (Å²) in [5.74, 6) is -0.0523. The predicted molar refractivity (Wildman–Crippen MR) is 114 cm³/mol. The van der Waals surface area contributed by atoms with Gasteiger partial charge in [0.15, 0.2) is 0 Å². The molecule has 5 heteroatoms. The molecule has 0 saturated carbocycles. The molecule has 1 saturated heterocycles. The third-order valence-electron chi connectivity index (χ3n) is 5.76. The molecule has 0 spiro atoms. The largest absolute Gasteiger partial charge is 0.354 e. The van der Waals surface area contributed by atoms with Crippen LogP contribution in [0, 0.1) is 0 Å². The first kappa shape index (κ1) is 17.2. The van der Waals surface area contributed by atoms with Crippen molar-refractivity contribution in [3.8, 4) is 0 Å². The molecule has 3 aliphatic rings. The molecule has 2 aromatic carbocycles. The van der Waals surface area contributed by atoms with Crippen LogP contribution in [0.1, 0.15) is 16.7 Å². The van der Waals surface area contributed by atoms with Gasteiger partial charge in [0, 0.05) is 49.7 Å². The topological polar surface area (TPSA) is 47.6 Å². The SMILES string of the molecule is CN1CCN(Cc2ccc3c(c2)C=CC(=C2C(=O)Nc4ccccc42)N3)CC1. The molecule has 3 heterocycles. The lowest BCUT2D eigenvalue weighted by Gasteiger charge is -2.32. The minimum absolute atomic E-state index is 0.0523. The Balaban J connectivity index is 1.39. The first-order chi connectivity index (χ1) is 13.7. The van der Waals surface area contributed by atoms with E-state index < -0.39 is 0 Å². The van der Waals surface area contributed by atoms with Gasteiger partial charge < -0.3 is 15.5 Å². The van der Waals surface area contributed by atoms with Gasteiger partial charge in [-0.2, -0.15) is 0 Å². The Hall–Kier alpha value is -2.89. The van der Waals surface area contributed by atoms with Crippen LogP contribution in [0.4, 0.5) is 11.4 Å². The average Bonchev–Trinajstić information content (AvgIpc) is 3.05. The van der Waals surface area contributed by atoms with Crippen LogP contribution < -0.4 is 10.6 Å². The molecule has 0 aliphatic carbocycles. The molecule has 0 aromatic heterocycles. The van der Waals surface area contributed by atoms with Gasteiger partial charge in [-0.1, -0.05) is 30.3 Å². The first-order valence-electron chi connectivity index (χ1n) is 9.81. The van der Waals surface area contributed by atoms with Crippen molar-refractivity contribution in [3.05, 3.63) is 70.9 Å². The molecule has 5 rings (SSSR count). The van der Waals surface area contributed by atoms with Crippen molar-refractivity contribution in [2.45, 2.75) is 6.54 Å². The van der Waals surface area contributed by atoms with E-state index in [0.717, 1.165) is 55.4 Å². The normalized spacial score (nSPS) is 21.8. The van der Waals surface area contributed by atoms with Crippen molar-refractivity contribution >= 4 is 28.9 Å². The molecule has 2 N–H and O–H groups in total. The molecule has 142 valence electrons. The van der Waals surface area contributed by atoms with Gasteiger partial charge in [-0.05, 0) is 42.4 Å². The molecule has 0 atom stereocenters. The fraction of sp³-hybridized carbons (Fsp3) is 0.261. The third kappa shape index (κ3) is 3.13. The number of carbonyl (C=O) groups excluding carboxylic acids is 1. The lowest BCUT2D eigenvalue weighted by Crippen LogP contribution is -2.43. The summed E-state index contributed by atoms with van der Waals surface area (Å²) in [7, 11) is 2.18. The summed E-state index contributed by atoms with van der Waals surface area (Å²) in [6.45, 7) is 5.48. The van der Waals surface area contributed by atoms with Crippen molar-refractivity contribution in [1.82, 2.24) is 9.80 Å². The minimum atomic E-state index is -0.0523. The van der Waals surface area contributed by atoms with E-state index in [0.29, 0.717) is 5.57 Å². The molecule has 3 aliphatic heterocycles. The number of hydrogen-bond donors (Lipinski definition) is 2. The highest BCUT2D eigenvalue weighted by molar-refractivity contribution is 6.33. The van der Waals surface area contributed by atoms with Gasteiger partial charge >= 0.3 is 0 Å². The van der Waals surface area contributed by atoms with E-state index in [4.69, 9.17) is 0 Å². The number of fused-ring (bicyclic) bond motifs is 2. The van der Waals surface area contributed by atoms with Crippen molar-refractivity contribution in [3.63, 3.8) is 0 Å². The van der Waals surface area contributed by atoms with Crippen molar-refractivity contribution in [2.75, 3.05) is 43.9 Å². The molecule has 1 amide bonds. The van der Waals surface area contributed by atoms with E-state index in [1.165, 1.54) is 11.1 Å². The Morgan fingerprint density at radius 3 is 2.61 bits per heavy atom. The van der Waals surface area contributed by atoms with Gasteiger partial charge in [-0.3, -0.25) is 9.69 Å². The quantitative estimate of drug-likeness (QED) is 0.795. The van der Waals surface area contributed by atoms with Gasteiger partial charge in [0.1, 0.15) is 0 Å². The van der Waals surface area contributed by atoms with Crippen LogP contribution >= 0.6 is 0 Å². The zero-order valence-corrected chi connectivity index (χ0v) is 16.0. The second kappa shape index (κ2) is 6.93. The van der Waals surface area contributed by atoms with E-state index in [2.05, 4.69) is 51.8 Å². The Morgan fingerprint density at radius 1 is 0.929 bits per heavy atom. The summed E-state index contributed by atoms with van der Waals surface area (Å²) >= 11 is 0. The summed E-state index contributed by atoms with van der Waals surface area (Å²) in [6, 6.07) is 14.4. The number of anilines is 2. The zero-order valence-electron chi connectivity index (χ0n) is 16.0. The summed E-state index contributed by atoms with van der Waals surface area (Å²) in [6.07, 6.45) is 4.12. The number of benzene rings is 2. The maximum absolute atomic E-state index is 12.5. The highest BCUT2D eigenvalue weighted by atomic mass is 16.2. The second-order valence-corrected chi connectivity index (χ2v) is 7.75. The fourth-order valence-corrected chi connectivity index (χ4v) is 4.12. The minimum Gasteiger partial charge on any atom is -0.354 e. The number of allylic oxidation sites excluding steroid dienone is 1. The third-order valence-corrected chi connectivity index (χ3v) is 5.76. The molecule has 28 heavy (non-hydrogen) atoms. The van der Waals surface area contributed by atoms with Gasteiger partial charge in [0.2, 0.25) is 0 Å². The van der Waals surface area contributed by atoms with E-state index in [1.807, 2.05) is 30.3 Å². The highest BCUT2D eigenvalue weighted by Crippen LogP contribution is 2.36. The summed E-state index contributed by atoms with van der Waals surface area (Å²) in [5, 5.41) is 6.41. The number of para-hydroxylation sites is 1. The molecule has 0 radical (unpaired) electrons. The summed E-state index contributed by atoms with van der Waals surface area (Å²) < 4.78 is 0. The van der Waals surface area contributed by atoms with Crippen LogP contribution in [0.25, 0.3) is 11.6 Å². The van der Waals surface area contributed by atoms with Gasteiger partial charge in [0.05, 0.1) is 11.3 Å². The first-order valence-corrected chi connectivity index (χ1v) is 9.81. The molecule has 0 unspecified atom stereocenters. The molecule has 5 nitrogen and oxygen atoms in total. The molecule has 2 aromatic rings. The van der Waals surface area contributed by atoms with E-state index >= 15 is 0 Å². The van der Waals surface area contributed by atoms with Crippen molar-refractivity contribution in [2.24, 2.45) is 0 Å². The summed E-state index contributed by atoms with van der Waals surface area (Å²) in [5.41, 5.74) is 6.93. The number of carbonyl (C=O) groups is 1. The number of amides is 1. The van der Waals surface area contributed by atoms with Crippen LogP contribution in [0.2, 0.25) is 0 Å². The number of rotatable bonds is 2. The lowest BCUT2D eigenvalue weighted by molar-refractivity contribution is -0.110. The molecular formula is C23H24N4O.